The van der Waals surface area contributed by atoms with Gasteiger partial charge in [-0.1, -0.05) is 84.5 Å². The van der Waals surface area contributed by atoms with Crippen LogP contribution in [0.2, 0.25) is 0 Å². The molecule has 0 heterocycles. The lowest BCUT2D eigenvalue weighted by atomic mass is 10.1. The average molecular weight is 621 g/mol. The Bertz CT molecular complexity index is 576. The molecule has 256 valence electrons. The van der Waals surface area contributed by atoms with Crippen LogP contribution in [0.3, 0.4) is 0 Å². The van der Waals surface area contributed by atoms with Crippen LogP contribution in [0.4, 0.5) is 0 Å². The fourth-order valence-electron chi connectivity index (χ4n) is 4.05. The molecule has 10 nitrogen and oxygen atoms in total. The highest BCUT2D eigenvalue weighted by atomic mass is 16.6. The fraction of sp³-hybridized carbons (Fsp3) is 0.939. The second-order valence-corrected chi connectivity index (χ2v) is 10.5. The molecule has 0 aromatic heterocycles. The van der Waals surface area contributed by atoms with E-state index in [0.717, 1.165) is 38.5 Å². The van der Waals surface area contributed by atoms with Crippen molar-refractivity contribution in [2.24, 2.45) is 0 Å². The van der Waals surface area contributed by atoms with Crippen LogP contribution in [0.5, 0.6) is 0 Å². The van der Waals surface area contributed by atoms with Crippen LogP contribution in [0.15, 0.2) is 0 Å². The maximum atomic E-state index is 11.8. The van der Waals surface area contributed by atoms with E-state index in [2.05, 4.69) is 13.8 Å². The molecule has 0 rings (SSSR count). The van der Waals surface area contributed by atoms with Gasteiger partial charge in [0.2, 0.25) is 0 Å². The Kier molecular flexibility index (Phi) is 35.8. The molecule has 0 aliphatic heterocycles. The number of esters is 2. The summed E-state index contributed by atoms with van der Waals surface area (Å²) in [6.45, 7) is 10.5. The zero-order chi connectivity index (χ0) is 31.3. The monoisotopic (exact) mass is 620 g/mol. The average Bonchev–Trinajstić information content (AvgIpc) is 3.01. The van der Waals surface area contributed by atoms with Gasteiger partial charge in [-0.25, -0.2) is 0 Å². The molecule has 0 aromatic carbocycles. The summed E-state index contributed by atoms with van der Waals surface area (Å²) in [4.78, 5) is 23.3. The maximum absolute atomic E-state index is 11.8. The van der Waals surface area contributed by atoms with Gasteiger partial charge in [0, 0.05) is 12.8 Å². The first-order chi connectivity index (χ1) is 21.2. The van der Waals surface area contributed by atoms with E-state index in [1.165, 1.54) is 44.9 Å². The van der Waals surface area contributed by atoms with Crippen molar-refractivity contribution in [2.45, 2.75) is 110 Å². The Morgan fingerprint density at radius 2 is 0.558 bits per heavy atom. The second-order valence-electron chi connectivity index (χ2n) is 10.5. The molecule has 0 atom stereocenters. The molecule has 0 aliphatic rings. The molecule has 0 unspecified atom stereocenters. The molecule has 43 heavy (non-hydrogen) atoms. The first-order valence-corrected chi connectivity index (χ1v) is 17.0. The minimum Gasteiger partial charge on any atom is -0.463 e. The van der Waals surface area contributed by atoms with Crippen molar-refractivity contribution in [1.82, 2.24) is 0 Å². The van der Waals surface area contributed by atoms with Gasteiger partial charge in [-0.05, 0) is 12.8 Å². The maximum Gasteiger partial charge on any atom is 0.305 e. The molecular formula is C33H64O10. The van der Waals surface area contributed by atoms with Gasteiger partial charge in [0.15, 0.2) is 0 Å². The van der Waals surface area contributed by atoms with E-state index in [9.17, 15) is 9.59 Å². The smallest absolute Gasteiger partial charge is 0.305 e. The third-order valence-electron chi connectivity index (χ3n) is 6.56. The molecule has 0 bridgehead atoms. The second kappa shape index (κ2) is 36.9. The number of carbonyl (C=O) groups excluding carboxylic acids is 2. The van der Waals surface area contributed by atoms with E-state index < -0.39 is 0 Å². The van der Waals surface area contributed by atoms with E-state index in [-0.39, 0.29) is 25.2 Å². The van der Waals surface area contributed by atoms with Gasteiger partial charge in [0.25, 0.3) is 0 Å². The number of hydrogen-bond donors (Lipinski definition) is 0. The Hall–Kier alpha value is -1.30. The zero-order valence-electron chi connectivity index (χ0n) is 27.6. The van der Waals surface area contributed by atoms with E-state index >= 15 is 0 Å². The SMILES string of the molecule is CCCCCCCCCCCC(=O)OCCOCCOCCOCCOCCOCCOCCOC(=O)CCCCCC. The van der Waals surface area contributed by atoms with Crippen LogP contribution in [-0.4, -0.2) is 104 Å². The Labute approximate surface area is 262 Å². The van der Waals surface area contributed by atoms with Gasteiger partial charge < -0.3 is 37.9 Å². The molecule has 0 amide bonds. The number of rotatable bonds is 36. The topological polar surface area (TPSA) is 108 Å². The highest BCUT2D eigenvalue weighted by molar-refractivity contribution is 5.69. The fourth-order valence-corrected chi connectivity index (χ4v) is 4.05. The van der Waals surface area contributed by atoms with Crippen molar-refractivity contribution >= 4 is 11.9 Å². The van der Waals surface area contributed by atoms with E-state index in [1.54, 1.807) is 0 Å². The van der Waals surface area contributed by atoms with Crippen LogP contribution in [0.1, 0.15) is 110 Å². The molecule has 0 saturated heterocycles. The normalized spacial score (nSPS) is 11.2. The van der Waals surface area contributed by atoms with Gasteiger partial charge in [-0.3, -0.25) is 9.59 Å². The molecule has 0 aromatic rings. The van der Waals surface area contributed by atoms with Gasteiger partial charge >= 0.3 is 11.9 Å². The standard InChI is InChI=1S/C33H64O10/c1-3-5-7-9-10-11-12-13-15-17-33(35)43-31-29-41-27-25-39-23-21-37-19-18-36-20-22-38-24-26-40-28-30-42-32(34)16-14-8-6-4-2/h3-31H2,1-2H3. The van der Waals surface area contributed by atoms with Crippen molar-refractivity contribution in [2.75, 3.05) is 92.5 Å². The third-order valence-corrected chi connectivity index (χ3v) is 6.56. The van der Waals surface area contributed by atoms with Gasteiger partial charge in [0.05, 0.1) is 79.3 Å². The van der Waals surface area contributed by atoms with Gasteiger partial charge in [0.1, 0.15) is 13.2 Å². The van der Waals surface area contributed by atoms with E-state index in [1.807, 2.05) is 0 Å². The zero-order valence-corrected chi connectivity index (χ0v) is 27.6. The van der Waals surface area contributed by atoms with Crippen LogP contribution >= 0.6 is 0 Å². The number of hydrogen-bond acceptors (Lipinski definition) is 10. The number of ether oxygens (including phenoxy) is 8. The van der Waals surface area contributed by atoms with Gasteiger partial charge in [-0.15, -0.1) is 0 Å². The molecule has 0 spiro atoms. The van der Waals surface area contributed by atoms with Crippen LogP contribution in [0, 0.1) is 0 Å². The highest BCUT2D eigenvalue weighted by Gasteiger charge is 2.03. The first kappa shape index (κ1) is 41.7. The summed E-state index contributed by atoms with van der Waals surface area (Å²) in [6.07, 6.45) is 16.4. The lowest BCUT2D eigenvalue weighted by molar-refractivity contribution is -0.146. The van der Waals surface area contributed by atoms with Crippen molar-refractivity contribution in [3.8, 4) is 0 Å². The minimum atomic E-state index is -0.152. The number of carbonyl (C=O) groups is 2. The quantitative estimate of drug-likeness (QED) is 0.0605. The van der Waals surface area contributed by atoms with Crippen molar-refractivity contribution in [1.29, 1.82) is 0 Å². The largest absolute Gasteiger partial charge is 0.463 e. The van der Waals surface area contributed by atoms with E-state index in [4.69, 9.17) is 37.9 Å². The van der Waals surface area contributed by atoms with E-state index in [0.29, 0.717) is 92.1 Å². The van der Waals surface area contributed by atoms with Crippen LogP contribution in [-0.2, 0) is 47.5 Å². The molecule has 10 heteroatoms. The predicted octanol–water partition coefficient (Wildman–Crippen LogP) is 6.06. The molecule has 0 saturated carbocycles. The summed E-state index contributed by atoms with van der Waals surface area (Å²) in [7, 11) is 0. The first-order valence-electron chi connectivity index (χ1n) is 17.0. The van der Waals surface area contributed by atoms with Crippen molar-refractivity contribution in [3.63, 3.8) is 0 Å². The number of unbranched alkanes of at least 4 members (excludes halogenated alkanes) is 11. The Morgan fingerprint density at radius 1 is 0.326 bits per heavy atom. The van der Waals surface area contributed by atoms with Crippen LogP contribution in [0.25, 0.3) is 0 Å². The summed E-state index contributed by atoms with van der Waals surface area (Å²) >= 11 is 0. The molecule has 0 N–H and O–H groups in total. The predicted molar refractivity (Wildman–Crippen MR) is 167 cm³/mol. The molecular weight excluding hydrogens is 556 g/mol. The summed E-state index contributed by atoms with van der Waals surface area (Å²) in [5, 5.41) is 0. The summed E-state index contributed by atoms with van der Waals surface area (Å²) in [6, 6.07) is 0. The minimum absolute atomic E-state index is 0.137. The lowest BCUT2D eigenvalue weighted by Gasteiger charge is -2.09. The van der Waals surface area contributed by atoms with Crippen molar-refractivity contribution < 1.29 is 47.5 Å². The molecule has 0 aliphatic carbocycles. The summed E-state index contributed by atoms with van der Waals surface area (Å²) in [5.41, 5.74) is 0. The summed E-state index contributed by atoms with van der Waals surface area (Å²) in [5.74, 6) is -0.289. The Morgan fingerprint density at radius 3 is 0.860 bits per heavy atom. The molecule has 0 fully saturated rings. The van der Waals surface area contributed by atoms with Gasteiger partial charge in [-0.2, -0.15) is 0 Å². The highest BCUT2D eigenvalue weighted by Crippen LogP contribution is 2.10. The third kappa shape index (κ3) is 36.8. The lowest BCUT2D eigenvalue weighted by Crippen LogP contribution is -2.15. The van der Waals surface area contributed by atoms with Crippen LogP contribution < -0.4 is 0 Å². The molecule has 0 radical (unpaired) electrons. The Balaban J connectivity index is 3.16. The summed E-state index contributed by atoms with van der Waals surface area (Å²) < 4.78 is 43.0. The van der Waals surface area contributed by atoms with Crippen molar-refractivity contribution in [3.05, 3.63) is 0 Å².